The Morgan fingerprint density at radius 1 is 0.682 bits per heavy atom. The molecule has 0 aliphatic carbocycles. The molecule has 0 heterocycles. The molecule has 0 spiro atoms. The van der Waals surface area contributed by atoms with Gasteiger partial charge in [-0.1, -0.05) is 34.6 Å². The molecule has 0 saturated carbocycles. The quantitative estimate of drug-likeness (QED) is 0.452. The number of rotatable bonds is 10. The third-order valence-electron chi connectivity index (χ3n) is 2.62. The second-order valence-corrected chi connectivity index (χ2v) is 6.34. The largest absolute Gasteiger partial charge is 0.460 e. The van der Waals surface area contributed by atoms with Crippen molar-refractivity contribution in [1.29, 1.82) is 0 Å². The maximum atomic E-state index is 11.6. The van der Waals surface area contributed by atoms with Gasteiger partial charge in [-0.2, -0.15) is 0 Å². The number of hydrogen-bond donors (Lipinski definition) is 0. The van der Waals surface area contributed by atoms with E-state index in [9.17, 15) is 19.2 Å². The molecule has 0 amide bonds. The molecule has 0 bridgehead atoms. The van der Waals surface area contributed by atoms with Gasteiger partial charge in [-0.25, -0.2) is 9.59 Å². The summed E-state index contributed by atoms with van der Waals surface area (Å²) in [4.78, 5) is 46.1. The summed E-state index contributed by atoms with van der Waals surface area (Å²) in [5.41, 5.74) is 0. The molecular weight excluding hydrogens is 288 g/mol. The number of ether oxygens (including phenoxy) is 2. The van der Waals surface area contributed by atoms with Crippen LogP contribution in [0.2, 0.25) is 0 Å². The number of hydrogen-bond acceptors (Lipinski definition) is 6. The molecule has 0 saturated heterocycles. The molecule has 0 aromatic rings. The zero-order chi connectivity index (χ0) is 17.3. The van der Waals surface area contributed by atoms with Crippen LogP contribution in [0.15, 0.2) is 0 Å². The average Bonchev–Trinajstić information content (AvgIpc) is 2.41. The second kappa shape index (κ2) is 10.1. The lowest BCUT2D eigenvalue weighted by Crippen LogP contribution is -2.25. The van der Waals surface area contributed by atoms with Gasteiger partial charge in [0.1, 0.15) is 0 Å². The van der Waals surface area contributed by atoms with Crippen LogP contribution in [-0.4, -0.2) is 36.7 Å². The van der Waals surface area contributed by atoms with Gasteiger partial charge in [0.25, 0.3) is 0 Å². The Morgan fingerprint density at radius 3 is 1.27 bits per heavy atom. The summed E-state index contributed by atoms with van der Waals surface area (Å²) in [6.45, 7) is 9.44. The summed E-state index contributed by atoms with van der Waals surface area (Å²) in [6, 6.07) is 0. The van der Waals surface area contributed by atoms with Crippen LogP contribution in [0, 0.1) is 17.8 Å². The van der Waals surface area contributed by atoms with Crippen molar-refractivity contribution in [3.05, 3.63) is 0 Å². The molecule has 22 heavy (non-hydrogen) atoms. The van der Waals surface area contributed by atoms with Crippen molar-refractivity contribution in [3.63, 3.8) is 0 Å². The van der Waals surface area contributed by atoms with Crippen LogP contribution >= 0.6 is 0 Å². The second-order valence-electron chi connectivity index (χ2n) is 6.34. The fourth-order valence-electron chi connectivity index (χ4n) is 1.52. The minimum Gasteiger partial charge on any atom is -0.460 e. The molecule has 0 atom stereocenters. The number of carbonyl (C=O) groups excluding carboxylic acids is 4. The van der Waals surface area contributed by atoms with Gasteiger partial charge in [-0.15, -0.1) is 0 Å². The van der Waals surface area contributed by atoms with E-state index < -0.39 is 29.4 Å². The molecule has 0 aliphatic rings. The summed E-state index contributed by atoms with van der Waals surface area (Å²) >= 11 is 0. The Morgan fingerprint density at radius 2 is 1.00 bits per heavy atom. The Labute approximate surface area is 131 Å². The Hall–Kier alpha value is -1.72. The predicted octanol–water partition coefficient (Wildman–Crippen LogP) is 1.94. The van der Waals surface area contributed by atoms with E-state index in [1.165, 1.54) is 0 Å². The van der Waals surface area contributed by atoms with Crippen LogP contribution in [0.5, 0.6) is 0 Å². The molecule has 0 fully saturated rings. The monoisotopic (exact) mass is 314 g/mol. The predicted molar refractivity (Wildman–Crippen MR) is 80.0 cm³/mol. The summed E-state index contributed by atoms with van der Waals surface area (Å²) in [7, 11) is 0. The smallest absolute Gasteiger partial charge is 0.374 e. The third kappa shape index (κ3) is 9.26. The van der Waals surface area contributed by atoms with Gasteiger partial charge in [-0.3, -0.25) is 9.59 Å². The lowest BCUT2D eigenvalue weighted by atomic mass is 9.98. The molecule has 6 heteroatoms. The maximum absolute atomic E-state index is 11.6. The van der Waals surface area contributed by atoms with Crippen LogP contribution in [0.3, 0.4) is 0 Å². The minimum atomic E-state index is -0.893. The van der Waals surface area contributed by atoms with E-state index in [1.54, 1.807) is 6.92 Å². The van der Waals surface area contributed by atoms with E-state index in [0.717, 1.165) is 0 Å². The van der Waals surface area contributed by atoms with Gasteiger partial charge in [0, 0.05) is 12.8 Å². The zero-order valence-corrected chi connectivity index (χ0v) is 14.0. The summed E-state index contributed by atoms with van der Waals surface area (Å²) in [5.74, 6) is -3.28. The normalized spacial score (nSPS) is 10.9. The van der Waals surface area contributed by atoms with E-state index >= 15 is 0 Å². The van der Waals surface area contributed by atoms with Crippen LogP contribution < -0.4 is 0 Å². The van der Waals surface area contributed by atoms with Crippen molar-refractivity contribution in [2.75, 3.05) is 13.2 Å². The SMILES string of the molecule is CC(C)COC(=O)C(=O)CC(C)CC(=O)C(=O)OCC(C)C. The van der Waals surface area contributed by atoms with E-state index in [2.05, 4.69) is 0 Å². The van der Waals surface area contributed by atoms with Gasteiger partial charge < -0.3 is 9.47 Å². The molecule has 0 rings (SSSR count). The molecule has 0 N–H and O–H groups in total. The van der Waals surface area contributed by atoms with E-state index in [1.807, 2.05) is 27.7 Å². The highest BCUT2D eigenvalue weighted by molar-refractivity contribution is 6.35. The number of Topliss-reactive ketones (excluding diaryl/α,β-unsaturated/α-hetero) is 2. The molecule has 0 aromatic carbocycles. The van der Waals surface area contributed by atoms with Crippen molar-refractivity contribution in [2.24, 2.45) is 17.8 Å². The number of carbonyl (C=O) groups is 4. The highest BCUT2D eigenvalue weighted by atomic mass is 16.5. The van der Waals surface area contributed by atoms with Crippen LogP contribution in [0.25, 0.3) is 0 Å². The van der Waals surface area contributed by atoms with Gasteiger partial charge in [0.05, 0.1) is 13.2 Å². The van der Waals surface area contributed by atoms with E-state index in [0.29, 0.717) is 0 Å². The van der Waals surface area contributed by atoms with Gasteiger partial charge in [-0.05, 0) is 17.8 Å². The van der Waals surface area contributed by atoms with Crippen molar-refractivity contribution in [3.8, 4) is 0 Å². The highest BCUT2D eigenvalue weighted by Crippen LogP contribution is 2.10. The van der Waals surface area contributed by atoms with Gasteiger partial charge >= 0.3 is 11.9 Å². The standard InChI is InChI=1S/C16H26O6/c1-10(2)8-21-15(19)13(17)6-12(5)7-14(18)16(20)22-9-11(3)4/h10-12H,6-9H2,1-5H3. The summed E-state index contributed by atoms with van der Waals surface area (Å²) < 4.78 is 9.64. The molecule has 0 aliphatic heterocycles. The highest BCUT2D eigenvalue weighted by Gasteiger charge is 2.24. The number of ketones is 2. The first kappa shape index (κ1) is 20.3. The molecule has 0 radical (unpaired) electrons. The number of esters is 2. The Balaban J connectivity index is 4.18. The lowest BCUT2D eigenvalue weighted by Gasteiger charge is -2.11. The average molecular weight is 314 g/mol. The molecular formula is C16H26O6. The van der Waals surface area contributed by atoms with Gasteiger partial charge in [0.2, 0.25) is 11.6 Å². The molecule has 6 nitrogen and oxygen atoms in total. The third-order valence-corrected chi connectivity index (χ3v) is 2.62. The minimum absolute atomic E-state index is 0.125. The topological polar surface area (TPSA) is 86.7 Å². The van der Waals surface area contributed by atoms with E-state index in [4.69, 9.17) is 9.47 Å². The van der Waals surface area contributed by atoms with Gasteiger partial charge in [0.15, 0.2) is 0 Å². The molecule has 0 unspecified atom stereocenters. The Bertz CT molecular complexity index is 373. The first-order chi connectivity index (χ1) is 10.1. The van der Waals surface area contributed by atoms with Crippen molar-refractivity contribution >= 4 is 23.5 Å². The summed E-state index contributed by atoms with van der Waals surface area (Å²) in [5, 5.41) is 0. The van der Waals surface area contributed by atoms with Crippen LogP contribution in [0.1, 0.15) is 47.5 Å². The van der Waals surface area contributed by atoms with Crippen LogP contribution in [0.4, 0.5) is 0 Å². The Kier molecular flexibility index (Phi) is 9.29. The lowest BCUT2D eigenvalue weighted by molar-refractivity contribution is -0.156. The summed E-state index contributed by atoms with van der Waals surface area (Å²) in [6.07, 6.45) is -0.250. The first-order valence-corrected chi connectivity index (χ1v) is 7.53. The first-order valence-electron chi connectivity index (χ1n) is 7.53. The van der Waals surface area contributed by atoms with E-state index in [-0.39, 0.29) is 37.9 Å². The van der Waals surface area contributed by atoms with Crippen molar-refractivity contribution < 1.29 is 28.7 Å². The fourth-order valence-corrected chi connectivity index (χ4v) is 1.52. The molecule has 0 aromatic heterocycles. The fraction of sp³-hybridized carbons (Fsp3) is 0.750. The molecule has 126 valence electrons. The zero-order valence-electron chi connectivity index (χ0n) is 14.0. The van der Waals surface area contributed by atoms with Crippen molar-refractivity contribution in [1.82, 2.24) is 0 Å². The van der Waals surface area contributed by atoms with Crippen LogP contribution in [-0.2, 0) is 28.7 Å². The van der Waals surface area contributed by atoms with Crippen molar-refractivity contribution in [2.45, 2.75) is 47.5 Å². The maximum Gasteiger partial charge on any atom is 0.374 e.